The van der Waals surface area contributed by atoms with Crippen LogP contribution in [0.4, 0.5) is 0 Å². The van der Waals surface area contributed by atoms with Gasteiger partial charge in [0.25, 0.3) is 0 Å². The van der Waals surface area contributed by atoms with Gasteiger partial charge in [-0.1, -0.05) is 20.8 Å². The molecule has 2 heterocycles. The number of carbonyl (C=O) groups is 1. The number of amides is 1. The molecule has 17 heavy (non-hydrogen) atoms. The average molecular weight is 240 g/mol. The van der Waals surface area contributed by atoms with Crippen LogP contribution in [0.1, 0.15) is 40.0 Å². The van der Waals surface area contributed by atoms with Gasteiger partial charge in [0.15, 0.2) is 0 Å². The second-order valence-corrected chi connectivity index (χ2v) is 5.54. The van der Waals surface area contributed by atoms with Crippen LogP contribution in [0, 0.1) is 5.92 Å². The highest BCUT2D eigenvalue weighted by Crippen LogP contribution is 2.24. The Balaban J connectivity index is 2.05. The van der Waals surface area contributed by atoms with Crippen LogP contribution >= 0.6 is 0 Å². The molecule has 0 radical (unpaired) electrons. The topological polar surface area (TPSA) is 41.6 Å². The summed E-state index contributed by atoms with van der Waals surface area (Å²) < 4.78 is 5.41. The highest BCUT2D eigenvalue weighted by Gasteiger charge is 2.42. The molecule has 0 spiro atoms. The van der Waals surface area contributed by atoms with Crippen LogP contribution in [0.3, 0.4) is 0 Å². The number of hydrogen-bond acceptors (Lipinski definition) is 3. The van der Waals surface area contributed by atoms with E-state index < -0.39 is 0 Å². The van der Waals surface area contributed by atoms with Gasteiger partial charge in [0.2, 0.25) is 5.91 Å². The van der Waals surface area contributed by atoms with E-state index in [9.17, 15) is 4.79 Å². The zero-order valence-electron chi connectivity index (χ0n) is 11.1. The van der Waals surface area contributed by atoms with Crippen molar-refractivity contribution in [2.45, 2.75) is 58.3 Å². The van der Waals surface area contributed by atoms with E-state index in [-0.39, 0.29) is 24.2 Å². The monoisotopic (exact) mass is 240 g/mol. The molecular formula is C13H24N2O2. The standard InChI is InChI=1S/C13H24N2O2/c1-4-12-14-11(7-9(2)3)13(16)15(12)10-5-6-17-8-10/h9-12,14H,4-8H2,1-3H3. The normalized spacial score (nSPS) is 34.0. The number of nitrogens with zero attached hydrogens (tertiary/aromatic N) is 1. The zero-order chi connectivity index (χ0) is 12.4. The average Bonchev–Trinajstić information content (AvgIpc) is 2.87. The van der Waals surface area contributed by atoms with Gasteiger partial charge in [0.1, 0.15) is 0 Å². The van der Waals surface area contributed by atoms with Gasteiger partial charge in [-0.3, -0.25) is 10.1 Å². The van der Waals surface area contributed by atoms with Crippen LogP contribution in [0.15, 0.2) is 0 Å². The molecule has 2 saturated heterocycles. The van der Waals surface area contributed by atoms with Crippen LogP contribution in [0.2, 0.25) is 0 Å². The lowest BCUT2D eigenvalue weighted by molar-refractivity contribution is -0.132. The summed E-state index contributed by atoms with van der Waals surface area (Å²) in [6.07, 6.45) is 3.09. The predicted octanol–water partition coefficient (Wildman–Crippen LogP) is 1.36. The molecule has 0 bridgehead atoms. The summed E-state index contributed by atoms with van der Waals surface area (Å²) in [5.74, 6) is 0.829. The predicted molar refractivity (Wildman–Crippen MR) is 66.5 cm³/mol. The van der Waals surface area contributed by atoms with Crippen LogP contribution in [0.25, 0.3) is 0 Å². The number of nitrogens with one attached hydrogen (secondary N) is 1. The van der Waals surface area contributed by atoms with Gasteiger partial charge < -0.3 is 9.64 Å². The minimum atomic E-state index is 0.0144. The summed E-state index contributed by atoms with van der Waals surface area (Å²) in [6.45, 7) is 7.96. The molecule has 0 aliphatic carbocycles. The molecule has 3 atom stereocenters. The fourth-order valence-corrected chi connectivity index (χ4v) is 2.85. The smallest absolute Gasteiger partial charge is 0.241 e. The van der Waals surface area contributed by atoms with Crippen molar-refractivity contribution in [2.75, 3.05) is 13.2 Å². The first kappa shape index (κ1) is 12.8. The van der Waals surface area contributed by atoms with E-state index in [4.69, 9.17) is 4.74 Å². The van der Waals surface area contributed by atoms with E-state index in [1.807, 2.05) is 4.90 Å². The SMILES string of the molecule is CCC1NC(CC(C)C)C(=O)N1C1CCOC1. The van der Waals surface area contributed by atoms with Gasteiger partial charge >= 0.3 is 0 Å². The number of ether oxygens (including phenoxy) is 1. The number of rotatable bonds is 4. The Hall–Kier alpha value is -0.610. The molecule has 1 amide bonds. The van der Waals surface area contributed by atoms with E-state index in [1.165, 1.54) is 0 Å². The summed E-state index contributed by atoms with van der Waals surface area (Å²) in [6, 6.07) is 0.303. The van der Waals surface area contributed by atoms with Crippen molar-refractivity contribution in [3.63, 3.8) is 0 Å². The van der Waals surface area contributed by atoms with E-state index in [2.05, 4.69) is 26.1 Å². The van der Waals surface area contributed by atoms with E-state index in [1.54, 1.807) is 0 Å². The van der Waals surface area contributed by atoms with Crippen LogP contribution in [0.5, 0.6) is 0 Å². The molecule has 0 aromatic heterocycles. The Morgan fingerprint density at radius 2 is 2.29 bits per heavy atom. The van der Waals surface area contributed by atoms with Crippen molar-refractivity contribution in [3.8, 4) is 0 Å². The maximum absolute atomic E-state index is 12.4. The quantitative estimate of drug-likeness (QED) is 0.806. The lowest BCUT2D eigenvalue weighted by atomic mass is 10.0. The van der Waals surface area contributed by atoms with Gasteiger partial charge in [-0.25, -0.2) is 0 Å². The minimum Gasteiger partial charge on any atom is -0.379 e. The zero-order valence-corrected chi connectivity index (χ0v) is 11.1. The summed E-state index contributed by atoms with van der Waals surface area (Å²) >= 11 is 0. The molecule has 4 heteroatoms. The second kappa shape index (κ2) is 5.36. The van der Waals surface area contributed by atoms with Gasteiger partial charge in [0, 0.05) is 6.61 Å². The van der Waals surface area contributed by atoms with E-state index in [0.717, 1.165) is 25.9 Å². The van der Waals surface area contributed by atoms with Gasteiger partial charge in [-0.05, 0) is 25.2 Å². The molecule has 98 valence electrons. The fourth-order valence-electron chi connectivity index (χ4n) is 2.85. The van der Waals surface area contributed by atoms with Crippen molar-refractivity contribution in [3.05, 3.63) is 0 Å². The minimum absolute atomic E-state index is 0.0144. The number of hydrogen-bond donors (Lipinski definition) is 1. The molecule has 2 aliphatic heterocycles. The summed E-state index contributed by atoms with van der Waals surface area (Å²) in [5, 5.41) is 3.47. The molecule has 3 unspecified atom stereocenters. The largest absolute Gasteiger partial charge is 0.379 e. The molecular weight excluding hydrogens is 216 g/mol. The summed E-state index contributed by atoms with van der Waals surface area (Å²) in [4.78, 5) is 14.4. The molecule has 2 aliphatic rings. The Bertz CT molecular complexity index is 275. The maximum atomic E-state index is 12.4. The molecule has 4 nitrogen and oxygen atoms in total. The fraction of sp³-hybridized carbons (Fsp3) is 0.923. The first-order chi connectivity index (χ1) is 8.13. The number of carbonyl (C=O) groups excluding carboxylic acids is 1. The Kier molecular flexibility index (Phi) is 4.05. The van der Waals surface area contributed by atoms with Crippen molar-refractivity contribution in [1.82, 2.24) is 10.2 Å². The molecule has 0 aromatic carbocycles. The van der Waals surface area contributed by atoms with Crippen molar-refractivity contribution >= 4 is 5.91 Å². The third kappa shape index (κ3) is 2.63. The van der Waals surface area contributed by atoms with Crippen LogP contribution < -0.4 is 5.32 Å². The van der Waals surface area contributed by atoms with E-state index >= 15 is 0 Å². The first-order valence-electron chi connectivity index (χ1n) is 6.79. The van der Waals surface area contributed by atoms with Crippen LogP contribution in [-0.2, 0) is 9.53 Å². The highest BCUT2D eigenvalue weighted by atomic mass is 16.5. The lowest BCUT2D eigenvalue weighted by Gasteiger charge is -2.28. The lowest BCUT2D eigenvalue weighted by Crippen LogP contribution is -2.44. The van der Waals surface area contributed by atoms with E-state index in [0.29, 0.717) is 12.5 Å². The van der Waals surface area contributed by atoms with Crippen molar-refractivity contribution < 1.29 is 9.53 Å². The molecule has 1 N–H and O–H groups in total. The Labute approximate surface area is 104 Å². The molecule has 2 rings (SSSR count). The Morgan fingerprint density at radius 3 is 2.82 bits per heavy atom. The third-order valence-electron chi connectivity index (χ3n) is 3.67. The molecule has 2 fully saturated rings. The van der Waals surface area contributed by atoms with Crippen molar-refractivity contribution in [1.29, 1.82) is 0 Å². The molecule has 0 saturated carbocycles. The van der Waals surface area contributed by atoms with Crippen LogP contribution in [-0.4, -0.2) is 42.3 Å². The maximum Gasteiger partial charge on any atom is 0.241 e. The van der Waals surface area contributed by atoms with Gasteiger partial charge in [0.05, 0.1) is 24.9 Å². The highest BCUT2D eigenvalue weighted by molar-refractivity contribution is 5.84. The summed E-state index contributed by atoms with van der Waals surface area (Å²) in [5.41, 5.74) is 0. The van der Waals surface area contributed by atoms with Gasteiger partial charge in [-0.2, -0.15) is 0 Å². The second-order valence-electron chi connectivity index (χ2n) is 5.54. The Morgan fingerprint density at radius 1 is 1.53 bits per heavy atom. The summed E-state index contributed by atoms with van der Waals surface area (Å²) in [7, 11) is 0. The van der Waals surface area contributed by atoms with Crippen molar-refractivity contribution in [2.24, 2.45) is 5.92 Å². The third-order valence-corrected chi connectivity index (χ3v) is 3.67. The molecule has 0 aromatic rings. The van der Waals surface area contributed by atoms with Gasteiger partial charge in [-0.15, -0.1) is 0 Å². The first-order valence-corrected chi connectivity index (χ1v) is 6.79.